The van der Waals surface area contributed by atoms with Gasteiger partial charge in [-0.05, 0) is 49.9 Å². The molecule has 2 aliphatic heterocycles. The lowest BCUT2D eigenvalue weighted by atomic mass is 9.95. The molecule has 2 aliphatic rings. The van der Waals surface area contributed by atoms with Crippen molar-refractivity contribution in [3.8, 4) is 0 Å². The number of amides is 5. The van der Waals surface area contributed by atoms with Crippen molar-refractivity contribution >= 4 is 59.3 Å². The lowest BCUT2D eigenvalue weighted by molar-refractivity contribution is -0.147. The number of nitrogens with two attached hydrogens (primary N) is 1. The van der Waals surface area contributed by atoms with Gasteiger partial charge in [-0.2, -0.15) is 0 Å². The van der Waals surface area contributed by atoms with E-state index in [1.807, 2.05) is 0 Å². The number of nitrogens with one attached hydrogen (secondary N) is 3. The summed E-state index contributed by atoms with van der Waals surface area (Å²) in [4.78, 5) is 114. The number of hydrogen-bond acceptors (Lipinski definition) is 8. The van der Waals surface area contributed by atoms with Crippen LogP contribution in [0.25, 0.3) is 10.9 Å². The summed E-state index contributed by atoms with van der Waals surface area (Å²) in [6.45, 7) is 1.59. The van der Waals surface area contributed by atoms with Gasteiger partial charge in [0, 0.05) is 62.4 Å². The number of hydrogen-bond donors (Lipinski definition) is 6. The van der Waals surface area contributed by atoms with Crippen LogP contribution in [-0.2, 0) is 28.5 Å². The second-order valence-electron chi connectivity index (χ2n) is 11.6. The third kappa shape index (κ3) is 7.69. The standard InChI is InChI=1S/C29H37N6O10P/c1-15(36)34-10-9-19-4-7-23(27(40)33-21(26(39)31-2)6-8-25(30)38)35(19)28(41)18(14-34)13-24(37)22-12-17-11-16(3-5-20(17)32-22)29(42)46(43,44)45/h3,5,11-12,18-19,21,23,32H,4,6-10,13-14H2,1-2H3,(H2,30,38)(H,31,39)(H,33,40)(H2,43,44,45)/t18-,19+,21-,23-/m0/s1. The quantitative estimate of drug-likeness (QED) is 0.137. The van der Waals surface area contributed by atoms with Crippen LogP contribution in [0.5, 0.6) is 0 Å². The van der Waals surface area contributed by atoms with Gasteiger partial charge < -0.3 is 40.9 Å². The Bertz CT molecular complexity index is 1630. The molecule has 7 N–H and O–H groups in total. The Labute approximate surface area is 263 Å². The summed E-state index contributed by atoms with van der Waals surface area (Å²) < 4.78 is 11.4. The lowest BCUT2D eigenvalue weighted by Crippen LogP contribution is -2.57. The number of Topliss-reactive ketones (excluding diaryl/α,β-unsaturated/α-hetero) is 1. The predicted molar refractivity (Wildman–Crippen MR) is 162 cm³/mol. The summed E-state index contributed by atoms with van der Waals surface area (Å²) in [6.07, 6.45) is 0.648. The lowest BCUT2D eigenvalue weighted by Gasteiger charge is -2.38. The Kier molecular flexibility index (Phi) is 10.4. The highest BCUT2D eigenvalue weighted by Crippen LogP contribution is 2.39. The number of aromatic nitrogens is 1. The van der Waals surface area contributed by atoms with Crippen molar-refractivity contribution < 1.29 is 47.9 Å². The molecular weight excluding hydrogens is 623 g/mol. The smallest absolute Gasteiger partial charge is 0.370 e. The minimum Gasteiger partial charge on any atom is -0.370 e. The molecule has 2 aromatic rings. The normalized spacial score (nSPS) is 20.8. The number of nitrogens with zero attached hydrogens (tertiary/aromatic N) is 2. The van der Waals surface area contributed by atoms with Crippen LogP contribution in [0.15, 0.2) is 24.3 Å². The Morgan fingerprint density at radius 1 is 1.11 bits per heavy atom. The molecule has 46 heavy (non-hydrogen) atoms. The molecule has 0 unspecified atom stereocenters. The van der Waals surface area contributed by atoms with Gasteiger partial charge in [-0.15, -0.1) is 0 Å². The van der Waals surface area contributed by atoms with Gasteiger partial charge in [-0.3, -0.25) is 38.1 Å². The fourth-order valence-electron chi connectivity index (χ4n) is 6.06. The molecule has 1 aromatic carbocycles. The average Bonchev–Trinajstić information content (AvgIpc) is 3.62. The maximum atomic E-state index is 14.1. The van der Waals surface area contributed by atoms with Crippen LogP contribution in [0, 0.1) is 5.92 Å². The Morgan fingerprint density at radius 3 is 2.46 bits per heavy atom. The second kappa shape index (κ2) is 13.9. The minimum absolute atomic E-state index is 0.0327. The molecular formula is C29H37N6O10P. The topological polar surface area (TPSA) is 249 Å². The molecule has 0 saturated carbocycles. The first-order valence-corrected chi connectivity index (χ1v) is 16.4. The van der Waals surface area contributed by atoms with Crippen LogP contribution in [0.4, 0.5) is 0 Å². The maximum Gasteiger partial charge on any atom is 0.396 e. The zero-order valence-electron chi connectivity index (χ0n) is 25.4. The van der Waals surface area contributed by atoms with Crippen molar-refractivity contribution in [3.05, 3.63) is 35.5 Å². The summed E-state index contributed by atoms with van der Waals surface area (Å²) in [7, 11) is -3.64. The van der Waals surface area contributed by atoms with E-state index in [1.54, 1.807) is 0 Å². The Morgan fingerprint density at radius 2 is 1.83 bits per heavy atom. The molecule has 4 rings (SSSR count). The highest BCUT2D eigenvalue weighted by molar-refractivity contribution is 7.70. The van der Waals surface area contributed by atoms with Crippen molar-refractivity contribution in [2.45, 2.75) is 63.6 Å². The van der Waals surface area contributed by atoms with Crippen LogP contribution in [0.1, 0.15) is 66.3 Å². The molecule has 16 nitrogen and oxygen atoms in total. The van der Waals surface area contributed by atoms with E-state index in [-0.39, 0.29) is 49.4 Å². The van der Waals surface area contributed by atoms with Gasteiger partial charge in [0.1, 0.15) is 12.1 Å². The van der Waals surface area contributed by atoms with Crippen molar-refractivity contribution in [1.82, 2.24) is 25.4 Å². The molecule has 0 radical (unpaired) electrons. The number of carbonyl (C=O) groups excluding carboxylic acids is 7. The van der Waals surface area contributed by atoms with Gasteiger partial charge in [-0.1, -0.05) is 0 Å². The fraction of sp³-hybridized carbons (Fsp3) is 0.483. The number of likely N-dealkylation sites (N-methyl/N-ethyl adjacent to an activating group) is 1. The predicted octanol–water partition coefficient (Wildman–Crippen LogP) is -0.217. The zero-order chi connectivity index (χ0) is 33.9. The monoisotopic (exact) mass is 660 g/mol. The van der Waals surface area contributed by atoms with Crippen molar-refractivity contribution in [2.75, 3.05) is 20.1 Å². The first kappa shape index (κ1) is 34.5. The summed E-state index contributed by atoms with van der Waals surface area (Å²) in [5.41, 5.74) is 4.12. The van der Waals surface area contributed by atoms with E-state index >= 15 is 0 Å². The van der Waals surface area contributed by atoms with Gasteiger partial charge in [0.15, 0.2) is 5.78 Å². The van der Waals surface area contributed by atoms with Gasteiger partial charge in [0.25, 0.3) is 5.52 Å². The number of ketones is 1. The van der Waals surface area contributed by atoms with Crippen LogP contribution in [0.3, 0.4) is 0 Å². The van der Waals surface area contributed by atoms with E-state index in [2.05, 4.69) is 15.6 Å². The molecule has 1 aromatic heterocycles. The Hall–Kier alpha value is -4.40. The molecule has 5 amide bonds. The van der Waals surface area contributed by atoms with E-state index in [0.717, 1.165) is 0 Å². The highest BCUT2D eigenvalue weighted by Gasteiger charge is 2.45. The maximum absolute atomic E-state index is 14.1. The molecule has 2 saturated heterocycles. The molecule has 3 heterocycles. The van der Waals surface area contributed by atoms with Gasteiger partial charge >= 0.3 is 7.60 Å². The summed E-state index contributed by atoms with van der Waals surface area (Å²) in [5, 5.41) is 5.42. The molecule has 0 aliphatic carbocycles. The van der Waals surface area contributed by atoms with E-state index < -0.39 is 66.6 Å². The third-order valence-corrected chi connectivity index (χ3v) is 9.24. The van der Waals surface area contributed by atoms with Crippen LogP contribution < -0.4 is 16.4 Å². The number of benzene rings is 1. The second-order valence-corrected chi connectivity index (χ2v) is 13.1. The van der Waals surface area contributed by atoms with E-state index in [0.29, 0.717) is 30.3 Å². The summed E-state index contributed by atoms with van der Waals surface area (Å²) >= 11 is 0. The van der Waals surface area contributed by atoms with Crippen LogP contribution >= 0.6 is 7.60 Å². The number of fused-ring (bicyclic) bond motifs is 2. The van der Waals surface area contributed by atoms with E-state index in [9.17, 15) is 47.9 Å². The van der Waals surface area contributed by atoms with Crippen molar-refractivity contribution in [3.63, 3.8) is 0 Å². The molecule has 0 spiro atoms. The van der Waals surface area contributed by atoms with Crippen LogP contribution in [0.2, 0.25) is 0 Å². The molecule has 4 atom stereocenters. The SMILES string of the molecule is CNC(=O)[C@H](CCC(N)=O)NC(=O)[C@@H]1CC[C@@H]2CCN(C(C)=O)C[C@H](CC(=O)c3cc4cc(C(=O)P(=O)(O)O)ccc4[nH]3)C(=O)N21. The highest BCUT2D eigenvalue weighted by atomic mass is 31.2. The van der Waals surface area contributed by atoms with E-state index in [1.165, 1.54) is 48.0 Å². The largest absolute Gasteiger partial charge is 0.396 e. The van der Waals surface area contributed by atoms with E-state index in [4.69, 9.17) is 5.73 Å². The van der Waals surface area contributed by atoms with Crippen molar-refractivity contribution in [1.29, 1.82) is 0 Å². The number of aromatic amines is 1. The first-order valence-electron chi connectivity index (χ1n) is 14.7. The third-order valence-electron chi connectivity index (χ3n) is 8.45. The Balaban J connectivity index is 1.58. The van der Waals surface area contributed by atoms with Gasteiger partial charge in [0.2, 0.25) is 29.5 Å². The van der Waals surface area contributed by atoms with Gasteiger partial charge in [0.05, 0.1) is 11.6 Å². The summed E-state index contributed by atoms with van der Waals surface area (Å²) in [6, 6.07) is 2.88. The molecule has 17 heteroatoms. The number of rotatable bonds is 11. The average molecular weight is 661 g/mol. The molecule has 0 bridgehead atoms. The van der Waals surface area contributed by atoms with Crippen LogP contribution in [-0.4, -0.2) is 104 Å². The van der Waals surface area contributed by atoms with Crippen molar-refractivity contribution in [2.24, 2.45) is 11.7 Å². The number of carbonyl (C=O) groups is 7. The number of H-pyrrole nitrogens is 1. The number of primary amides is 1. The first-order chi connectivity index (χ1) is 21.6. The zero-order valence-corrected chi connectivity index (χ0v) is 26.2. The minimum atomic E-state index is -5.02. The summed E-state index contributed by atoms with van der Waals surface area (Å²) in [5.74, 6) is -4.04. The molecule has 2 fully saturated rings. The van der Waals surface area contributed by atoms with Gasteiger partial charge in [-0.25, -0.2) is 0 Å². The fourth-order valence-corrected chi connectivity index (χ4v) is 6.54. The molecule has 248 valence electrons.